The van der Waals surface area contributed by atoms with E-state index in [1.54, 1.807) is 24.3 Å². The summed E-state index contributed by atoms with van der Waals surface area (Å²) in [5, 5.41) is 3.14. The highest BCUT2D eigenvalue weighted by molar-refractivity contribution is 9.10. The van der Waals surface area contributed by atoms with Crippen molar-refractivity contribution in [2.75, 3.05) is 12.0 Å². The average Bonchev–Trinajstić information content (AvgIpc) is 2.71. The SMILES string of the molecule is Cc1cc(Br)ccc1NCN1C(=O)c2ccccc2C1=O. The Labute approximate surface area is 130 Å². The van der Waals surface area contributed by atoms with Gasteiger partial charge in [-0.25, -0.2) is 0 Å². The molecule has 0 atom stereocenters. The fourth-order valence-corrected chi connectivity index (χ4v) is 2.85. The summed E-state index contributed by atoms with van der Waals surface area (Å²) >= 11 is 3.41. The van der Waals surface area contributed by atoms with Gasteiger partial charge in [0.15, 0.2) is 0 Å². The Kier molecular flexibility index (Phi) is 3.51. The van der Waals surface area contributed by atoms with Crippen molar-refractivity contribution in [3.05, 3.63) is 63.6 Å². The Hall–Kier alpha value is -2.14. The molecule has 0 unspecified atom stereocenters. The highest BCUT2D eigenvalue weighted by atomic mass is 79.9. The first-order valence-electron chi connectivity index (χ1n) is 6.53. The lowest BCUT2D eigenvalue weighted by Gasteiger charge is -2.17. The van der Waals surface area contributed by atoms with Crippen LogP contribution in [0.4, 0.5) is 5.69 Å². The first kappa shape index (κ1) is 13.8. The van der Waals surface area contributed by atoms with Crippen LogP contribution in [-0.2, 0) is 0 Å². The Bertz CT molecular complexity index is 708. The number of fused-ring (bicyclic) bond motifs is 1. The number of anilines is 1. The van der Waals surface area contributed by atoms with E-state index in [1.165, 1.54) is 4.90 Å². The van der Waals surface area contributed by atoms with Gasteiger partial charge in [-0.1, -0.05) is 28.1 Å². The minimum absolute atomic E-state index is 0.162. The zero-order chi connectivity index (χ0) is 15.0. The summed E-state index contributed by atoms with van der Waals surface area (Å²) in [7, 11) is 0. The molecular weight excluding hydrogens is 332 g/mol. The highest BCUT2D eigenvalue weighted by Gasteiger charge is 2.34. The second kappa shape index (κ2) is 5.33. The molecule has 1 N–H and O–H groups in total. The molecule has 0 fully saturated rings. The van der Waals surface area contributed by atoms with Gasteiger partial charge in [-0.3, -0.25) is 14.5 Å². The Balaban J connectivity index is 1.78. The third-order valence-electron chi connectivity index (χ3n) is 3.49. The first-order valence-corrected chi connectivity index (χ1v) is 7.32. The Morgan fingerprint density at radius 2 is 1.67 bits per heavy atom. The number of halogens is 1. The molecule has 3 rings (SSSR count). The normalized spacial score (nSPS) is 13.5. The van der Waals surface area contributed by atoms with E-state index < -0.39 is 0 Å². The smallest absolute Gasteiger partial charge is 0.263 e. The Morgan fingerprint density at radius 1 is 1.05 bits per heavy atom. The quantitative estimate of drug-likeness (QED) is 0.868. The molecule has 0 aliphatic carbocycles. The summed E-state index contributed by atoms with van der Waals surface area (Å²) in [6.45, 7) is 2.13. The van der Waals surface area contributed by atoms with Crippen LogP contribution in [0.5, 0.6) is 0 Å². The van der Waals surface area contributed by atoms with Crippen molar-refractivity contribution >= 4 is 33.4 Å². The molecule has 1 heterocycles. The van der Waals surface area contributed by atoms with Crippen molar-refractivity contribution in [3.8, 4) is 0 Å². The van der Waals surface area contributed by atoms with Crippen LogP contribution in [-0.4, -0.2) is 23.4 Å². The van der Waals surface area contributed by atoms with Crippen LogP contribution in [0, 0.1) is 6.92 Å². The van der Waals surface area contributed by atoms with Crippen LogP contribution in [0.15, 0.2) is 46.9 Å². The van der Waals surface area contributed by atoms with Gasteiger partial charge in [0.2, 0.25) is 0 Å². The maximum Gasteiger partial charge on any atom is 0.263 e. The molecule has 1 aliphatic heterocycles. The minimum atomic E-state index is -0.252. The third kappa shape index (κ3) is 2.45. The van der Waals surface area contributed by atoms with Crippen molar-refractivity contribution < 1.29 is 9.59 Å². The van der Waals surface area contributed by atoms with Gasteiger partial charge in [0.05, 0.1) is 17.8 Å². The lowest BCUT2D eigenvalue weighted by molar-refractivity contribution is 0.0666. The number of carbonyl (C=O) groups is 2. The average molecular weight is 345 g/mol. The van der Waals surface area contributed by atoms with E-state index in [1.807, 2.05) is 25.1 Å². The zero-order valence-corrected chi connectivity index (χ0v) is 13.0. The van der Waals surface area contributed by atoms with Gasteiger partial charge in [-0.2, -0.15) is 0 Å². The number of nitrogens with one attached hydrogen (secondary N) is 1. The predicted octanol–water partition coefficient (Wildman–Crippen LogP) is 3.42. The molecule has 0 bridgehead atoms. The third-order valence-corrected chi connectivity index (χ3v) is 3.99. The number of aryl methyl sites for hydroxylation is 1. The van der Waals surface area contributed by atoms with Crippen LogP contribution >= 0.6 is 15.9 Å². The van der Waals surface area contributed by atoms with Crippen LogP contribution in [0.1, 0.15) is 26.3 Å². The topological polar surface area (TPSA) is 49.4 Å². The van der Waals surface area contributed by atoms with Crippen LogP contribution < -0.4 is 5.32 Å². The number of carbonyl (C=O) groups excluding carboxylic acids is 2. The molecule has 5 heteroatoms. The van der Waals surface area contributed by atoms with Crippen molar-refractivity contribution in [1.29, 1.82) is 0 Å². The molecule has 4 nitrogen and oxygen atoms in total. The van der Waals surface area contributed by atoms with Crippen molar-refractivity contribution in [2.24, 2.45) is 0 Å². The fraction of sp³-hybridized carbons (Fsp3) is 0.125. The van der Waals surface area contributed by atoms with Gasteiger partial charge in [0.1, 0.15) is 0 Å². The number of rotatable bonds is 3. The summed E-state index contributed by atoms with van der Waals surface area (Å²) in [6, 6.07) is 12.7. The van der Waals surface area contributed by atoms with Crippen molar-refractivity contribution in [3.63, 3.8) is 0 Å². The van der Waals surface area contributed by atoms with E-state index in [4.69, 9.17) is 0 Å². The molecule has 106 valence electrons. The van der Waals surface area contributed by atoms with Crippen LogP contribution in [0.25, 0.3) is 0 Å². The molecule has 2 amide bonds. The largest absolute Gasteiger partial charge is 0.367 e. The van der Waals surface area contributed by atoms with E-state index in [0.29, 0.717) is 11.1 Å². The van der Waals surface area contributed by atoms with E-state index in [-0.39, 0.29) is 18.5 Å². The molecule has 0 saturated heterocycles. The number of hydrogen-bond acceptors (Lipinski definition) is 3. The van der Waals surface area contributed by atoms with Gasteiger partial charge in [-0.15, -0.1) is 0 Å². The number of imide groups is 1. The zero-order valence-electron chi connectivity index (χ0n) is 11.4. The number of amides is 2. The fourth-order valence-electron chi connectivity index (χ4n) is 2.37. The summed E-state index contributed by atoms with van der Waals surface area (Å²) in [4.78, 5) is 25.7. The van der Waals surface area contributed by atoms with E-state index in [2.05, 4.69) is 21.2 Å². The first-order chi connectivity index (χ1) is 10.1. The maximum atomic E-state index is 12.2. The van der Waals surface area contributed by atoms with Crippen molar-refractivity contribution in [1.82, 2.24) is 4.90 Å². The molecule has 2 aromatic rings. The predicted molar refractivity (Wildman–Crippen MR) is 84.3 cm³/mol. The summed E-state index contributed by atoms with van der Waals surface area (Å²) < 4.78 is 0.992. The molecule has 0 aromatic heterocycles. The lowest BCUT2D eigenvalue weighted by Crippen LogP contribution is -2.34. The van der Waals surface area contributed by atoms with E-state index in [0.717, 1.165) is 15.7 Å². The summed E-state index contributed by atoms with van der Waals surface area (Å²) in [5.41, 5.74) is 2.88. The maximum absolute atomic E-state index is 12.2. The number of hydrogen-bond donors (Lipinski definition) is 1. The van der Waals surface area contributed by atoms with Gasteiger partial charge in [0, 0.05) is 10.2 Å². The molecule has 1 aliphatic rings. The van der Waals surface area contributed by atoms with Gasteiger partial charge < -0.3 is 5.32 Å². The highest BCUT2D eigenvalue weighted by Crippen LogP contribution is 2.24. The van der Waals surface area contributed by atoms with Crippen LogP contribution in [0.2, 0.25) is 0 Å². The molecule has 0 radical (unpaired) electrons. The lowest BCUT2D eigenvalue weighted by atomic mass is 10.1. The molecular formula is C16H13BrN2O2. The van der Waals surface area contributed by atoms with Crippen LogP contribution in [0.3, 0.4) is 0 Å². The Morgan fingerprint density at radius 3 is 2.24 bits per heavy atom. The number of benzene rings is 2. The standard InChI is InChI=1S/C16H13BrN2O2/c1-10-8-11(17)6-7-14(10)18-9-19-15(20)12-4-2-3-5-13(12)16(19)21/h2-8,18H,9H2,1H3. The summed E-state index contributed by atoms with van der Waals surface area (Å²) in [6.07, 6.45) is 0. The molecule has 0 spiro atoms. The molecule has 0 saturated carbocycles. The van der Waals surface area contributed by atoms with Gasteiger partial charge in [-0.05, 0) is 42.8 Å². The van der Waals surface area contributed by atoms with Gasteiger partial charge >= 0.3 is 0 Å². The van der Waals surface area contributed by atoms with Gasteiger partial charge in [0.25, 0.3) is 11.8 Å². The van der Waals surface area contributed by atoms with Crippen molar-refractivity contribution in [2.45, 2.75) is 6.92 Å². The monoisotopic (exact) mass is 344 g/mol. The summed E-state index contributed by atoms with van der Waals surface area (Å²) in [5.74, 6) is -0.504. The second-order valence-electron chi connectivity index (χ2n) is 4.88. The molecule has 2 aromatic carbocycles. The molecule has 21 heavy (non-hydrogen) atoms. The van der Waals surface area contributed by atoms with E-state index >= 15 is 0 Å². The minimum Gasteiger partial charge on any atom is -0.367 e. The number of nitrogens with zero attached hydrogens (tertiary/aromatic N) is 1. The van der Waals surface area contributed by atoms with E-state index in [9.17, 15) is 9.59 Å². The second-order valence-corrected chi connectivity index (χ2v) is 5.79.